The minimum atomic E-state index is 0.669. The van der Waals surface area contributed by atoms with E-state index in [1.54, 1.807) is 0 Å². The number of hydrogen-bond donors (Lipinski definition) is 0. The number of allylic oxidation sites excluding steroid dienone is 4. The van der Waals surface area contributed by atoms with Crippen LogP contribution in [0.5, 0.6) is 0 Å². The molecule has 264 valence electrons. The molecule has 0 amide bonds. The molecular weight excluding hydrogens is 701 g/mol. The second-order valence-corrected chi connectivity index (χ2v) is 15.3. The third-order valence-electron chi connectivity index (χ3n) is 10.9. The average molecular weight is 735 g/mol. The van der Waals surface area contributed by atoms with Crippen molar-refractivity contribution in [2.24, 2.45) is 0 Å². The maximum absolute atomic E-state index is 5.14. The van der Waals surface area contributed by atoms with E-state index in [9.17, 15) is 0 Å². The Bertz CT molecular complexity index is 3200. The molecule has 10 aromatic rings. The van der Waals surface area contributed by atoms with Crippen molar-refractivity contribution in [2.45, 2.75) is 12.8 Å². The minimum absolute atomic E-state index is 0.669. The summed E-state index contributed by atoms with van der Waals surface area (Å²) in [6.07, 6.45) is 8.30. The SMILES string of the molecule is C1=CCCC(c2nc(-c3ccccc3)nc(-c3ccccc3-c3cccc(-n4c5ccccc5c5ccc(-c6cccc7c6sc6ccccc67)cc54)c3)n2)=C1. The molecule has 0 saturated heterocycles. The van der Waals surface area contributed by atoms with E-state index in [1.807, 2.05) is 29.5 Å². The van der Waals surface area contributed by atoms with Gasteiger partial charge in [0.15, 0.2) is 17.5 Å². The van der Waals surface area contributed by atoms with E-state index in [4.69, 9.17) is 15.0 Å². The quantitative estimate of drug-likeness (QED) is 0.171. The van der Waals surface area contributed by atoms with Crippen LogP contribution in [0.3, 0.4) is 0 Å². The lowest BCUT2D eigenvalue weighted by Gasteiger charge is -2.15. The summed E-state index contributed by atoms with van der Waals surface area (Å²) in [6.45, 7) is 0. The molecule has 0 fully saturated rings. The maximum atomic E-state index is 5.14. The topological polar surface area (TPSA) is 43.6 Å². The molecule has 0 spiro atoms. The molecule has 1 aliphatic carbocycles. The first kappa shape index (κ1) is 32.5. The van der Waals surface area contributed by atoms with Gasteiger partial charge in [0.05, 0.1) is 11.0 Å². The molecule has 0 radical (unpaired) electrons. The molecule has 3 heterocycles. The van der Waals surface area contributed by atoms with Gasteiger partial charge in [-0.05, 0) is 71.0 Å². The second-order valence-electron chi connectivity index (χ2n) is 14.3. The minimum Gasteiger partial charge on any atom is -0.309 e. The Labute approximate surface area is 328 Å². The molecule has 0 atom stereocenters. The molecule has 5 heteroatoms. The predicted octanol–water partition coefficient (Wildman–Crippen LogP) is 13.7. The highest BCUT2D eigenvalue weighted by Crippen LogP contribution is 2.42. The third kappa shape index (κ3) is 5.47. The van der Waals surface area contributed by atoms with E-state index in [1.165, 1.54) is 53.1 Å². The smallest absolute Gasteiger partial charge is 0.164 e. The van der Waals surface area contributed by atoms with Crippen LogP contribution in [-0.4, -0.2) is 19.5 Å². The number of aromatic nitrogens is 4. The maximum Gasteiger partial charge on any atom is 0.164 e. The molecule has 7 aromatic carbocycles. The first-order chi connectivity index (χ1) is 27.8. The molecule has 0 unspecified atom stereocenters. The Morgan fingerprint density at radius 1 is 0.464 bits per heavy atom. The summed E-state index contributed by atoms with van der Waals surface area (Å²) in [7, 11) is 0. The van der Waals surface area contributed by atoms with Gasteiger partial charge in [-0.3, -0.25) is 0 Å². The van der Waals surface area contributed by atoms with Crippen LogP contribution in [0, 0.1) is 0 Å². The van der Waals surface area contributed by atoms with Gasteiger partial charge in [-0.15, -0.1) is 11.3 Å². The standard InChI is InChI=1S/C51H34N4S/c1-3-15-33(16-4-1)49-52-50(34-17-5-2-6-18-34)54-51(53-49)44-24-8-7-21-38(44)35-19-13-20-37(31-35)55-45-27-11-9-22-40(45)41-30-29-36(32-46(41)55)39-25-14-26-43-42-23-10-12-28-47(42)56-48(39)43/h1-5,7-17,19-32H,6,18H2. The summed E-state index contributed by atoms with van der Waals surface area (Å²) in [5.41, 5.74) is 11.2. The number of thiophene rings is 1. The van der Waals surface area contributed by atoms with Crippen LogP contribution in [0.25, 0.3) is 98.3 Å². The van der Waals surface area contributed by atoms with Crippen LogP contribution in [-0.2, 0) is 0 Å². The fourth-order valence-electron chi connectivity index (χ4n) is 8.28. The number of rotatable bonds is 6. The lowest BCUT2D eigenvalue weighted by Crippen LogP contribution is -2.04. The number of para-hydroxylation sites is 1. The van der Waals surface area contributed by atoms with Crippen LogP contribution >= 0.6 is 11.3 Å². The Kier molecular flexibility index (Phi) is 7.78. The number of nitrogens with zero attached hydrogens (tertiary/aromatic N) is 4. The van der Waals surface area contributed by atoms with Crippen LogP contribution in [0.1, 0.15) is 18.7 Å². The summed E-state index contributed by atoms with van der Waals surface area (Å²) < 4.78 is 5.06. The van der Waals surface area contributed by atoms with Gasteiger partial charge in [-0.1, -0.05) is 152 Å². The van der Waals surface area contributed by atoms with Gasteiger partial charge in [0, 0.05) is 47.8 Å². The van der Waals surface area contributed by atoms with Crippen molar-refractivity contribution in [1.82, 2.24) is 19.5 Å². The number of fused-ring (bicyclic) bond motifs is 6. The van der Waals surface area contributed by atoms with E-state index in [0.29, 0.717) is 11.6 Å². The molecule has 0 bridgehead atoms. The van der Waals surface area contributed by atoms with Gasteiger partial charge in [0.1, 0.15) is 0 Å². The zero-order valence-corrected chi connectivity index (χ0v) is 31.2. The second kappa shape index (κ2) is 13.4. The largest absolute Gasteiger partial charge is 0.309 e. The Hall–Kier alpha value is -6.95. The molecule has 56 heavy (non-hydrogen) atoms. The monoisotopic (exact) mass is 734 g/mol. The molecule has 4 nitrogen and oxygen atoms in total. The third-order valence-corrected chi connectivity index (χ3v) is 12.2. The van der Waals surface area contributed by atoms with E-state index in [2.05, 4.69) is 168 Å². The van der Waals surface area contributed by atoms with Crippen molar-refractivity contribution >= 4 is 58.9 Å². The summed E-state index contributed by atoms with van der Waals surface area (Å²) in [5, 5.41) is 5.09. The Balaban J connectivity index is 1.08. The summed E-state index contributed by atoms with van der Waals surface area (Å²) in [5.74, 6) is 2.08. The van der Waals surface area contributed by atoms with E-state index in [0.717, 1.165) is 52.2 Å². The lowest BCUT2D eigenvalue weighted by atomic mass is 9.98. The Morgan fingerprint density at radius 2 is 1.14 bits per heavy atom. The average Bonchev–Trinajstić information content (AvgIpc) is 3.82. The highest BCUT2D eigenvalue weighted by Gasteiger charge is 2.19. The van der Waals surface area contributed by atoms with Crippen LogP contribution in [0.4, 0.5) is 0 Å². The molecule has 0 aliphatic heterocycles. The lowest BCUT2D eigenvalue weighted by molar-refractivity contribution is 0.978. The van der Waals surface area contributed by atoms with Crippen molar-refractivity contribution < 1.29 is 0 Å². The van der Waals surface area contributed by atoms with E-state index in [-0.39, 0.29) is 0 Å². The fraction of sp³-hybridized carbons (Fsp3) is 0.0392. The Morgan fingerprint density at radius 3 is 2.04 bits per heavy atom. The van der Waals surface area contributed by atoms with Crippen molar-refractivity contribution in [3.05, 3.63) is 188 Å². The highest BCUT2D eigenvalue weighted by atomic mass is 32.1. The zero-order valence-electron chi connectivity index (χ0n) is 30.4. The first-order valence-electron chi connectivity index (χ1n) is 19.1. The molecule has 0 N–H and O–H groups in total. The van der Waals surface area contributed by atoms with Gasteiger partial charge in [-0.25, -0.2) is 15.0 Å². The van der Waals surface area contributed by atoms with Gasteiger partial charge in [0.2, 0.25) is 0 Å². The van der Waals surface area contributed by atoms with Crippen LogP contribution in [0.2, 0.25) is 0 Å². The first-order valence-corrected chi connectivity index (χ1v) is 19.9. The molecular formula is C51H34N4S. The summed E-state index contributed by atoms with van der Waals surface area (Å²) >= 11 is 1.87. The van der Waals surface area contributed by atoms with E-state index < -0.39 is 0 Å². The van der Waals surface area contributed by atoms with Gasteiger partial charge < -0.3 is 4.57 Å². The molecule has 1 aliphatic rings. The van der Waals surface area contributed by atoms with Crippen molar-refractivity contribution in [2.75, 3.05) is 0 Å². The van der Waals surface area contributed by atoms with Crippen molar-refractivity contribution in [3.8, 4) is 50.7 Å². The fourth-order valence-corrected chi connectivity index (χ4v) is 9.52. The highest BCUT2D eigenvalue weighted by molar-refractivity contribution is 7.26. The molecule has 0 saturated carbocycles. The molecule has 11 rings (SSSR count). The zero-order chi connectivity index (χ0) is 37.0. The normalized spacial score (nSPS) is 12.9. The predicted molar refractivity (Wildman–Crippen MR) is 235 cm³/mol. The van der Waals surface area contributed by atoms with Gasteiger partial charge in [-0.2, -0.15) is 0 Å². The van der Waals surface area contributed by atoms with Crippen molar-refractivity contribution in [1.29, 1.82) is 0 Å². The van der Waals surface area contributed by atoms with Crippen molar-refractivity contribution in [3.63, 3.8) is 0 Å². The molecule has 3 aromatic heterocycles. The number of hydrogen-bond acceptors (Lipinski definition) is 4. The van der Waals surface area contributed by atoms with Gasteiger partial charge in [0.25, 0.3) is 0 Å². The van der Waals surface area contributed by atoms with E-state index >= 15 is 0 Å². The van der Waals surface area contributed by atoms with Crippen LogP contribution in [0.15, 0.2) is 182 Å². The number of benzene rings is 7. The van der Waals surface area contributed by atoms with Crippen LogP contribution < -0.4 is 0 Å². The van der Waals surface area contributed by atoms with Gasteiger partial charge >= 0.3 is 0 Å². The summed E-state index contributed by atoms with van der Waals surface area (Å²) in [4.78, 5) is 15.2. The summed E-state index contributed by atoms with van der Waals surface area (Å²) in [6, 6.07) is 58.7.